The van der Waals surface area contributed by atoms with Crippen LogP contribution in [0.3, 0.4) is 0 Å². The molecule has 10 heavy (non-hydrogen) atoms. The lowest BCUT2D eigenvalue weighted by molar-refractivity contribution is 0.179. The highest BCUT2D eigenvalue weighted by Gasteiger charge is 2.12. The Morgan fingerprint density at radius 1 is 1.60 bits per heavy atom. The van der Waals surface area contributed by atoms with E-state index in [4.69, 9.17) is 0 Å². The van der Waals surface area contributed by atoms with E-state index in [9.17, 15) is 5.11 Å². The molecule has 0 spiro atoms. The molecule has 0 saturated heterocycles. The highest BCUT2D eigenvalue weighted by Crippen LogP contribution is 2.16. The first-order valence-corrected chi connectivity index (χ1v) is 4.73. The minimum atomic E-state index is -0.220. The largest absolute Gasteiger partial charge is 0.392 e. The quantitative estimate of drug-likeness (QED) is 0.621. The molecule has 0 bridgehead atoms. The van der Waals surface area contributed by atoms with Crippen LogP contribution in [-0.4, -0.2) is 22.2 Å². The first-order chi connectivity index (χ1) is 4.76. The standard InChI is InChI=1S/C8H16OS/c1-4-7(9)8(5-2)10-6-3/h5,7-9H,2,4,6H2,1,3H3. The summed E-state index contributed by atoms with van der Waals surface area (Å²) in [5.41, 5.74) is 0. The maximum atomic E-state index is 9.36. The van der Waals surface area contributed by atoms with Crippen LogP contribution in [0.1, 0.15) is 20.3 Å². The zero-order valence-corrected chi connectivity index (χ0v) is 7.53. The Kier molecular flexibility index (Phi) is 5.84. The lowest BCUT2D eigenvalue weighted by Crippen LogP contribution is -2.19. The molecule has 2 heteroatoms. The Balaban J connectivity index is 3.67. The molecule has 0 fully saturated rings. The second-order valence-electron chi connectivity index (χ2n) is 2.13. The van der Waals surface area contributed by atoms with Gasteiger partial charge in [0.2, 0.25) is 0 Å². The molecule has 0 aliphatic heterocycles. The molecule has 0 aliphatic rings. The van der Waals surface area contributed by atoms with Crippen LogP contribution in [0.4, 0.5) is 0 Å². The van der Waals surface area contributed by atoms with Crippen molar-refractivity contribution in [2.75, 3.05) is 5.75 Å². The van der Waals surface area contributed by atoms with E-state index in [1.54, 1.807) is 11.8 Å². The summed E-state index contributed by atoms with van der Waals surface area (Å²) in [7, 11) is 0. The summed E-state index contributed by atoms with van der Waals surface area (Å²) in [6.07, 6.45) is 2.41. The molecule has 0 heterocycles. The molecule has 0 radical (unpaired) electrons. The van der Waals surface area contributed by atoms with Gasteiger partial charge in [-0.15, -0.1) is 6.58 Å². The first-order valence-electron chi connectivity index (χ1n) is 3.68. The third-order valence-corrected chi connectivity index (χ3v) is 2.61. The van der Waals surface area contributed by atoms with E-state index in [1.165, 1.54) is 0 Å². The molecule has 1 nitrogen and oxygen atoms in total. The van der Waals surface area contributed by atoms with E-state index in [0.29, 0.717) is 0 Å². The fraction of sp³-hybridized carbons (Fsp3) is 0.750. The van der Waals surface area contributed by atoms with Crippen molar-refractivity contribution in [2.24, 2.45) is 0 Å². The Labute approximate surface area is 67.5 Å². The van der Waals surface area contributed by atoms with Crippen molar-refractivity contribution < 1.29 is 5.11 Å². The van der Waals surface area contributed by atoms with Crippen molar-refractivity contribution in [3.8, 4) is 0 Å². The minimum Gasteiger partial charge on any atom is -0.392 e. The van der Waals surface area contributed by atoms with Gasteiger partial charge in [0.15, 0.2) is 0 Å². The molecule has 0 aromatic rings. The summed E-state index contributed by atoms with van der Waals surface area (Å²) >= 11 is 1.74. The smallest absolute Gasteiger partial charge is 0.0691 e. The minimum absolute atomic E-state index is 0.218. The van der Waals surface area contributed by atoms with Crippen molar-refractivity contribution in [1.29, 1.82) is 0 Å². The van der Waals surface area contributed by atoms with Crippen LogP contribution in [0, 0.1) is 0 Å². The van der Waals surface area contributed by atoms with Crippen molar-refractivity contribution in [2.45, 2.75) is 31.6 Å². The molecule has 0 aliphatic carbocycles. The van der Waals surface area contributed by atoms with Crippen LogP contribution >= 0.6 is 11.8 Å². The molecule has 60 valence electrons. The number of rotatable bonds is 5. The topological polar surface area (TPSA) is 20.2 Å². The van der Waals surface area contributed by atoms with Crippen LogP contribution in [0.25, 0.3) is 0 Å². The third-order valence-electron chi connectivity index (χ3n) is 1.39. The van der Waals surface area contributed by atoms with Crippen molar-refractivity contribution >= 4 is 11.8 Å². The second kappa shape index (κ2) is 5.81. The van der Waals surface area contributed by atoms with Crippen LogP contribution in [-0.2, 0) is 0 Å². The average molecular weight is 160 g/mol. The second-order valence-corrected chi connectivity index (χ2v) is 3.59. The van der Waals surface area contributed by atoms with E-state index in [1.807, 2.05) is 13.0 Å². The van der Waals surface area contributed by atoms with Crippen molar-refractivity contribution in [3.05, 3.63) is 12.7 Å². The molecule has 2 atom stereocenters. The highest BCUT2D eigenvalue weighted by molar-refractivity contribution is 8.00. The molecule has 1 N–H and O–H groups in total. The SMILES string of the molecule is C=CC(SCC)C(O)CC. The molecule has 0 rings (SSSR count). The fourth-order valence-electron chi connectivity index (χ4n) is 0.761. The van der Waals surface area contributed by atoms with Crippen molar-refractivity contribution in [3.63, 3.8) is 0 Å². The molecule has 0 aromatic carbocycles. The molecule has 0 aromatic heterocycles. The van der Waals surface area contributed by atoms with Gasteiger partial charge >= 0.3 is 0 Å². The van der Waals surface area contributed by atoms with Crippen molar-refractivity contribution in [1.82, 2.24) is 0 Å². The zero-order valence-electron chi connectivity index (χ0n) is 6.71. The van der Waals surface area contributed by atoms with Gasteiger partial charge in [0.1, 0.15) is 0 Å². The van der Waals surface area contributed by atoms with E-state index in [0.717, 1.165) is 12.2 Å². The molecular formula is C8H16OS. The summed E-state index contributed by atoms with van der Waals surface area (Å²) in [5, 5.41) is 9.57. The van der Waals surface area contributed by atoms with Gasteiger partial charge in [-0.05, 0) is 12.2 Å². The molecular weight excluding hydrogens is 144 g/mol. The fourth-order valence-corrected chi connectivity index (χ4v) is 1.70. The Morgan fingerprint density at radius 3 is 2.50 bits per heavy atom. The summed E-state index contributed by atoms with van der Waals surface area (Å²) in [6.45, 7) is 7.74. The van der Waals surface area contributed by atoms with Gasteiger partial charge in [-0.25, -0.2) is 0 Å². The van der Waals surface area contributed by atoms with Crippen LogP contribution in [0.2, 0.25) is 0 Å². The lowest BCUT2D eigenvalue weighted by Gasteiger charge is -2.16. The van der Waals surface area contributed by atoms with Gasteiger partial charge < -0.3 is 5.11 Å². The normalized spacial score (nSPS) is 16.3. The Bertz CT molecular complexity index is 93.3. The lowest BCUT2D eigenvalue weighted by atomic mass is 10.2. The monoisotopic (exact) mass is 160 g/mol. The zero-order chi connectivity index (χ0) is 7.98. The highest BCUT2D eigenvalue weighted by atomic mass is 32.2. The average Bonchev–Trinajstić information content (AvgIpc) is 1.99. The summed E-state index contributed by atoms with van der Waals surface area (Å²) in [6, 6.07) is 0. The predicted octanol–water partition coefficient (Wildman–Crippen LogP) is 2.06. The summed E-state index contributed by atoms with van der Waals surface area (Å²) in [4.78, 5) is 0. The van der Waals surface area contributed by atoms with Gasteiger partial charge in [0, 0.05) is 5.25 Å². The molecule has 0 amide bonds. The van der Waals surface area contributed by atoms with E-state index < -0.39 is 0 Å². The number of thioether (sulfide) groups is 1. The van der Waals surface area contributed by atoms with Gasteiger partial charge in [-0.2, -0.15) is 11.8 Å². The van der Waals surface area contributed by atoms with Crippen LogP contribution in [0.15, 0.2) is 12.7 Å². The number of aliphatic hydroxyl groups excluding tert-OH is 1. The van der Waals surface area contributed by atoms with Gasteiger partial charge in [-0.1, -0.05) is 19.9 Å². The summed E-state index contributed by atoms with van der Waals surface area (Å²) in [5.74, 6) is 1.04. The first kappa shape index (κ1) is 10.0. The number of hydrogen-bond donors (Lipinski definition) is 1. The molecule has 2 unspecified atom stereocenters. The van der Waals surface area contributed by atoms with E-state index in [-0.39, 0.29) is 11.4 Å². The predicted molar refractivity (Wildman–Crippen MR) is 48.4 cm³/mol. The van der Waals surface area contributed by atoms with E-state index in [2.05, 4.69) is 13.5 Å². The van der Waals surface area contributed by atoms with E-state index >= 15 is 0 Å². The maximum Gasteiger partial charge on any atom is 0.0691 e. The molecule has 0 saturated carbocycles. The van der Waals surface area contributed by atoms with Crippen LogP contribution < -0.4 is 0 Å². The van der Waals surface area contributed by atoms with Crippen LogP contribution in [0.5, 0.6) is 0 Å². The summed E-state index contributed by atoms with van der Waals surface area (Å²) < 4.78 is 0. The Morgan fingerprint density at radius 2 is 2.20 bits per heavy atom. The third kappa shape index (κ3) is 3.28. The number of aliphatic hydroxyl groups is 1. The van der Waals surface area contributed by atoms with Gasteiger partial charge in [0.25, 0.3) is 0 Å². The number of hydrogen-bond acceptors (Lipinski definition) is 2. The maximum absolute atomic E-state index is 9.36. The van der Waals surface area contributed by atoms with Gasteiger partial charge in [0.05, 0.1) is 6.10 Å². The van der Waals surface area contributed by atoms with Gasteiger partial charge in [-0.3, -0.25) is 0 Å². The Hall–Kier alpha value is 0.0500.